The van der Waals surface area contributed by atoms with Gasteiger partial charge in [0.25, 0.3) is 0 Å². The van der Waals surface area contributed by atoms with Crippen molar-refractivity contribution in [2.75, 3.05) is 17.7 Å². The molecule has 0 saturated heterocycles. The number of carbonyl (C=O) groups excluding carboxylic acids is 2. The van der Waals surface area contributed by atoms with Gasteiger partial charge in [0, 0.05) is 36.6 Å². The summed E-state index contributed by atoms with van der Waals surface area (Å²) in [7, 11) is 1.58. The number of nitrogens with one attached hydrogen (secondary N) is 3. The van der Waals surface area contributed by atoms with Gasteiger partial charge in [-0.3, -0.25) is 9.69 Å². The van der Waals surface area contributed by atoms with Crippen molar-refractivity contribution in [1.82, 2.24) is 20.2 Å². The molecule has 2 aliphatic rings. The molecule has 2 amide bonds. The third kappa shape index (κ3) is 7.16. The Morgan fingerprint density at radius 2 is 1.72 bits per heavy atom. The lowest BCUT2D eigenvalue weighted by atomic mass is 9.62. The number of nitrogens with zero attached hydrogens (tertiary/aromatic N) is 3. The second-order valence-electron chi connectivity index (χ2n) is 12.4. The van der Waals surface area contributed by atoms with Crippen LogP contribution in [0.15, 0.2) is 30.5 Å². The van der Waals surface area contributed by atoms with Gasteiger partial charge < -0.3 is 20.7 Å². The third-order valence-corrected chi connectivity index (χ3v) is 7.65. The number of likely N-dealkylation sites (N-methyl/N-ethyl adjacent to an activating group) is 1. The lowest BCUT2D eigenvalue weighted by molar-refractivity contribution is -0.127. The monoisotopic (exact) mass is 540 g/mol. The fourth-order valence-corrected chi connectivity index (χ4v) is 4.64. The molecular weight excluding hydrogens is 499 g/mol. The molecule has 39 heavy (non-hydrogen) atoms. The number of rotatable bonds is 9. The molecule has 3 N–H and O–H groups in total. The van der Waals surface area contributed by atoms with Crippen molar-refractivity contribution in [3.8, 4) is 0 Å². The Balaban J connectivity index is 1.38. The lowest BCUT2D eigenvalue weighted by Gasteiger charge is -2.46. The number of hydrogen-bond acceptors (Lipinski definition) is 7. The maximum Gasteiger partial charge on any atom is 0.410 e. The average Bonchev–Trinajstić information content (AvgIpc) is 3.64. The standard InChI is InChI=1S/C29H41FN6O3/c1-17(36(7)27(38)39-28(2,3)4)25(37)33-22-14-18(15-22)29(5,6)23-16-31-26(35-24(23)32-20-12-13-20)34-21-10-8-19(30)9-11-21/h8-11,16-18,20,22H,12-15H2,1-7H3,(H,33,37)(H2,31,32,34,35)/t17-,18?,22?/m0/s1. The Hall–Kier alpha value is -3.43. The van der Waals surface area contributed by atoms with Crippen molar-refractivity contribution in [1.29, 1.82) is 0 Å². The van der Waals surface area contributed by atoms with Gasteiger partial charge in [-0.05, 0) is 89.0 Å². The van der Waals surface area contributed by atoms with Gasteiger partial charge in [-0.2, -0.15) is 4.98 Å². The molecule has 1 aromatic heterocycles. The van der Waals surface area contributed by atoms with Gasteiger partial charge in [0.05, 0.1) is 0 Å². The van der Waals surface area contributed by atoms with Crippen LogP contribution >= 0.6 is 0 Å². The first-order valence-corrected chi connectivity index (χ1v) is 13.7. The quantitative estimate of drug-likeness (QED) is 0.393. The molecule has 0 unspecified atom stereocenters. The second kappa shape index (κ2) is 11.0. The smallest absolute Gasteiger partial charge is 0.410 e. The number of anilines is 3. The minimum absolute atomic E-state index is 0.0384. The van der Waals surface area contributed by atoms with Gasteiger partial charge in [0.1, 0.15) is 23.3 Å². The number of benzene rings is 1. The summed E-state index contributed by atoms with van der Waals surface area (Å²) in [6.45, 7) is 11.5. The summed E-state index contributed by atoms with van der Waals surface area (Å²) < 4.78 is 18.7. The highest BCUT2D eigenvalue weighted by Crippen LogP contribution is 2.46. The molecule has 4 rings (SSSR count). The molecule has 0 bridgehead atoms. The molecule has 1 aromatic carbocycles. The summed E-state index contributed by atoms with van der Waals surface area (Å²) >= 11 is 0. The van der Waals surface area contributed by atoms with E-state index in [1.54, 1.807) is 46.9 Å². The zero-order chi connectivity index (χ0) is 28.5. The number of aromatic nitrogens is 2. The van der Waals surface area contributed by atoms with E-state index < -0.39 is 17.7 Å². The Labute approximate surface area is 230 Å². The summed E-state index contributed by atoms with van der Waals surface area (Å²) in [5, 5.41) is 9.81. The van der Waals surface area contributed by atoms with Crippen molar-refractivity contribution >= 4 is 29.5 Å². The maximum atomic E-state index is 13.3. The Kier molecular flexibility index (Phi) is 8.04. The summed E-state index contributed by atoms with van der Waals surface area (Å²) in [5.41, 5.74) is 0.892. The molecule has 1 atom stereocenters. The molecule has 1 heterocycles. The molecule has 2 fully saturated rings. The second-order valence-corrected chi connectivity index (χ2v) is 12.4. The molecule has 2 saturated carbocycles. The topological polar surface area (TPSA) is 108 Å². The van der Waals surface area contributed by atoms with Gasteiger partial charge >= 0.3 is 6.09 Å². The van der Waals surface area contributed by atoms with E-state index in [9.17, 15) is 14.0 Å². The van der Waals surface area contributed by atoms with E-state index in [4.69, 9.17) is 9.72 Å². The van der Waals surface area contributed by atoms with Crippen molar-refractivity contribution in [3.05, 3.63) is 41.8 Å². The first-order valence-electron chi connectivity index (χ1n) is 13.7. The van der Waals surface area contributed by atoms with Crippen molar-refractivity contribution in [2.24, 2.45) is 5.92 Å². The molecule has 2 aliphatic carbocycles. The predicted molar refractivity (Wildman–Crippen MR) is 149 cm³/mol. The van der Waals surface area contributed by atoms with Gasteiger partial charge in [0.15, 0.2) is 0 Å². The van der Waals surface area contributed by atoms with Crippen LogP contribution in [0.1, 0.15) is 72.8 Å². The van der Waals surface area contributed by atoms with E-state index in [2.05, 4.69) is 34.8 Å². The summed E-state index contributed by atoms with van der Waals surface area (Å²) in [5.74, 6) is 1.09. The number of carbonyl (C=O) groups is 2. The molecule has 2 aromatic rings. The van der Waals surface area contributed by atoms with Crippen LogP contribution in [0, 0.1) is 11.7 Å². The van der Waals surface area contributed by atoms with Crippen LogP contribution in [0.3, 0.4) is 0 Å². The van der Waals surface area contributed by atoms with Crippen LogP contribution in [0.25, 0.3) is 0 Å². The van der Waals surface area contributed by atoms with E-state index in [1.807, 2.05) is 6.20 Å². The SMILES string of the molecule is C[C@@H](C(=O)NC1CC(C(C)(C)c2cnc(Nc3ccc(F)cc3)nc2NC2CC2)C1)N(C)C(=O)OC(C)(C)C. The number of ether oxygens (including phenoxy) is 1. The molecule has 9 nitrogen and oxygen atoms in total. The first kappa shape index (κ1) is 28.6. The summed E-state index contributed by atoms with van der Waals surface area (Å²) in [6.07, 6.45) is 5.20. The van der Waals surface area contributed by atoms with Crippen LogP contribution < -0.4 is 16.0 Å². The highest BCUT2D eigenvalue weighted by molar-refractivity contribution is 5.85. The van der Waals surface area contributed by atoms with Crippen LogP contribution in [0.5, 0.6) is 0 Å². The van der Waals surface area contributed by atoms with E-state index >= 15 is 0 Å². The third-order valence-electron chi connectivity index (χ3n) is 7.65. The first-order chi connectivity index (χ1) is 18.2. The lowest BCUT2D eigenvalue weighted by Crippen LogP contribution is -2.55. The predicted octanol–water partition coefficient (Wildman–Crippen LogP) is 5.36. The van der Waals surface area contributed by atoms with Gasteiger partial charge in [-0.15, -0.1) is 0 Å². The van der Waals surface area contributed by atoms with E-state index in [1.165, 1.54) is 17.0 Å². The van der Waals surface area contributed by atoms with E-state index in [0.717, 1.165) is 37.1 Å². The van der Waals surface area contributed by atoms with Crippen LogP contribution in [-0.2, 0) is 14.9 Å². The number of amides is 2. The normalized spacial score (nSPS) is 19.9. The molecule has 0 spiro atoms. The van der Waals surface area contributed by atoms with Crippen molar-refractivity contribution in [2.45, 2.75) is 96.4 Å². The van der Waals surface area contributed by atoms with Gasteiger partial charge in [-0.1, -0.05) is 13.8 Å². The van der Waals surface area contributed by atoms with Gasteiger partial charge in [-0.25, -0.2) is 14.2 Å². The van der Waals surface area contributed by atoms with Crippen LogP contribution in [-0.4, -0.2) is 57.6 Å². The molecule has 212 valence electrons. The Morgan fingerprint density at radius 3 is 2.31 bits per heavy atom. The van der Waals surface area contributed by atoms with E-state index in [-0.39, 0.29) is 23.2 Å². The number of hydrogen-bond donors (Lipinski definition) is 3. The highest BCUT2D eigenvalue weighted by atomic mass is 19.1. The highest BCUT2D eigenvalue weighted by Gasteiger charge is 2.44. The fourth-order valence-electron chi connectivity index (χ4n) is 4.64. The Morgan fingerprint density at radius 1 is 1.08 bits per heavy atom. The maximum absolute atomic E-state index is 13.3. The summed E-state index contributed by atoms with van der Waals surface area (Å²) in [6, 6.07) is 5.90. The minimum Gasteiger partial charge on any atom is -0.444 e. The minimum atomic E-state index is -0.643. The molecule has 0 aliphatic heterocycles. The number of halogens is 1. The largest absolute Gasteiger partial charge is 0.444 e. The fraction of sp³-hybridized carbons (Fsp3) is 0.586. The van der Waals surface area contributed by atoms with Crippen LogP contribution in [0.4, 0.5) is 26.6 Å². The van der Waals surface area contributed by atoms with Crippen molar-refractivity contribution < 1.29 is 18.7 Å². The molecular formula is C29H41FN6O3. The Bertz CT molecular complexity index is 1190. The zero-order valence-electron chi connectivity index (χ0n) is 24.0. The molecule has 10 heteroatoms. The van der Waals surface area contributed by atoms with Crippen LogP contribution in [0.2, 0.25) is 0 Å². The zero-order valence-corrected chi connectivity index (χ0v) is 24.0. The van der Waals surface area contributed by atoms with Gasteiger partial charge in [0.2, 0.25) is 11.9 Å². The molecule has 0 radical (unpaired) electrons. The van der Waals surface area contributed by atoms with E-state index in [0.29, 0.717) is 23.6 Å². The average molecular weight is 541 g/mol. The van der Waals surface area contributed by atoms with Crippen molar-refractivity contribution in [3.63, 3.8) is 0 Å². The summed E-state index contributed by atoms with van der Waals surface area (Å²) in [4.78, 5) is 35.9.